The summed E-state index contributed by atoms with van der Waals surface area (Å²) in [5.74, 6) is 1.37. The predicted molar refractivity (Wildman–Crippen MR) is 121 cm³/mol. The van der Waals surface area contributed by atoms with Crippen LogP contribution >= 0.6 is 0 Å². The van der Waals surface area contributed by atoms with Crippen LogP contribution in [0.1, 0.15) is 0 Å². The highest BCUT2D eigenvalue weighted by molar-refractivity contribution is 5.96. The number of anilines is 1. The Bertz CT molecular complexity index is 1420. The van der Waals surface area contributed by atoms with Crippen LogP contribution in [0.5, 0.6) is 0 Å². The summed E-state index contributed by atoms with van der Waals surface area (Å²) in [5, 5.41) is 2.85. The largest absolute Gasteiger partial charge is 0.453 e. The zero-order valence-electron chi connectivity index (χ0n) is 16.9. The number of ether oxygens (including phenoxy) is 1. The van der Waals surface area contributed by atoms with E-state index in [1.165, 1.54) is 0 Å². The Morgan fingerprint density at radius 3 is 2.55 bits per heavy atom. The quantitative estimate of drug-likeness (QED) is 0.317. The molecule has 152 valence electrons. The summed E-state index contributed by atoms with van der Waals surface area (Å²) >= 11 is 0. The molecule has 0 atom stereocenters. The van der Waals surface area contributed by atoms with Crippen LogP contribution in [0.15, 0.2) is 82.3 Å². The van der Waals surface area contributed by atoms with Gasteiger partial charge in [0.1, 0.15) is 11.2 Å². The minimum Gasteiger partial charge on any atom is -0.453 e. The highest BCUT2D eigenvalue weighted by Crippen LogP contribution is 2.32. The Morgan fingerprint density at radius 2 is 1.71 bits per heavy atom. The third-order valence-electron chi connectivity index (χ3n) is 5.62. The maximum atomic E-state index is 6.36. The van der Waals surface area contributed by atoms with Crippen LogP contribution in [0.2, 0.25) is 0 Å². The van der Waals surface area contributed by atoms with E-state index in [4.69, 9.17) is 19.1 Å². The highest BCUT2D eigenvalue weighted by Gasteiger charge is 2.17. The fraction of sp³-hybridized carbons (Fsp3) is 0.160. The van der Waals surface area contributed by atoms with Crippen LogP contribution in [-0.2, 0) is 4.74 Å². The summed E-state index contributed by atoms with van der Waals surface area (Å²) in [4.78, 5) is 16.4. The van der Waals surface area contributed by atoms with Crippen molar-refractivity contribution in [2.75, 3.05) is 31.2 Å². The average Bonchev–Trinajstić information content (AvgIpc) is 2.84. The number of morpholine rings is 1. The lowest BCUT2D eigenvalue weighted by molar-refractivity contribution is 0.122. The first kappa shape index (κ1) is 18.0. The topological polar surface area (TPSA) is 63.8 Å². The van der Waals surface area contributed by atoms with Crippen molar-refractivity contribution in [1.82, 2.24) is 9.97 Å². The molecule has 1 fully saturated rings. The minimum absolute atomic E-state index is 0.662. The highest BCUT2D eigenvalue weighted by atomic mass is 16.5. The molecule has 3 aliphatic rings. The van der Waals surface area contributed by atoms with Gasteiger partial charge in [-0.25, -0.2) is 15.0 Å². The fourth-order valence-corrected chi connectivity index (χ4v) is 4.08. The molecule has 1 aromatic heterocycles. The van der Waals surface area contributed by atoms with Gasteiger partial charge < -0.3 is 14.1 Å². The molecule has 1 aliphatic carbocycles. The molecule has 6 heteroatoms. The molecular weight excluding hydrogens is 388 g/mol. The van der Waals surface area contributed by atoms with E-state index in [2.05, 4.69) is 34.1 Å². The SMILES string of the molecule is c1ccc(/N=c2/cc3oc4cc(N5CCOCC5)ccc4nc-3c3ccccc23)nc1. The Balaban J connectivity index is 1.58. The third kappa shape index (κ3) is 3.31. The van der Waals surface area contributed by atoms with Crippen molar-refractivity contribution in [1.29, 1.82) is 0 Å². The number of nitrogens with zero attached hydrogens (tertiary/aromatic N) is 4. The lowest BCUT2D eigenvalue weighted by Crippen LogP contribution is -2.36. The van der Waals surface area contributed by atoms with E-state index in [-0.39, 0.29) is 0 Å². The van der Waals surface area contributed by atoms with Gasteiger partial charge in [0, 0.05) is 47.9 Å². The van der Waals surface area contributed by atoms with Crippen molar-refractivity contribution in [3.8, 4) is 11.5 Å². The first-order valence-electron chi connectivity index (χ1n) is 10.4. The number of hydrogen-bond acceptors (Lipinski definition) is 6. The minimum atomic E-state index is 0.662. The van der Waals surface area contributed by atoms with Crippen molar-refractivity contribution in [2.24, 2.45) is 4.99 Å². The van der Waals surface area contributed by atoms with E-state index < -0.39 is 0 Å². The molecule has 2 aromatic carbocycles. The van der Waals surface area contributed by atoms with Crippen LogP contribution in [0.25, 0.3) is 33.3 Å². The normalized spacial score (nSPS) is 15.2. The average molecular weight is 408 g/mol. The number of pyridine rings is 1. The third-order valence-corrected chi connectivity index (χ3v) is 5.62. The standard InChI is InChI=1S/C25H20N4O2/c1-2-6-19-18(5-1)21(27-24-7-3-4-10-26-24)16-23-25(19)28-20-9-8-17(15-22(20)31-23)29-11-13-30-14-12-29/h1-10,15-16H,11-14H2/b27-21-. The first-order valence-corrected chi connectivity index (χ1v) is 10.4. The summed E-state index contributed by atoms with van der Waals surface area (Å²) in [6.07, 6.45) is 1.74. The Labute approximate surface area is 178 Å². The van der Waals surface area contributed by atoms with Crippen molar-refractivity contribution >= 4 is 33.4 Å². The van der Waals surface area contributed by atoms with Gasteiger partial charge in [0.05, 0.1) is 18.6 Å². The lowest BCUT2D eigenvalue weighted by Gasteiger charge is -2.28. The summed E-state index contributed by atoms with van der Waals surface area (Å²) in [7, 11) is 0. The van der Waals surface area contributed by atoms with Crippen molar-refractivity contribution in [3.05, 3.63) is 78.3 Å². The molecule has 3 aromatic rings. The second kappa shape index (κ2) is 7.49. The van der Waals surface area contributed by atoms with Crippen molar-refractivity contribution in [3.63, 3.8) is 0 Å². The van der Waals surface area contributed by atoms with E-state index >= 15 is 0 Å². The molecule has 0 spiro atoms. The second-order valence-electron chi connectivity index (χ2n) is 7.55. The molecule has 31 heavy (non-hydrogen) atoms. The Hall–Kier alpha value is -3.77. The summed E-state index contributed by atoms with van der Waals surface area (Å²) in [6.45, 7) is 3.25. The molecule has 1 saturated heterocycles. The first-order chi connectivity index (χ1) is 15.3. The van der Waals surface area contributed by atoms with Crippen LogP contribution in [0, 0.1) is 0 Å². The summed E-state index contributed by atoms with van der Waals surface area (Å²) < 4.78 is 11.8. The van der Waals surface area contributed by atoms with Gasteiger partial charge in [-0.3, -0.25) is 0 Å². The van der Waals surface area contributed by atoms with Gasteiger partial charge in [-0.2, -0.15) is 0 Å². The van der Waals surface area contributed by atoms with E-state index in [0.717, 1.165) is 64.9 Å². The number of fused-ring (bicyclic) bond motifs is 4. The van der Waals surface area contributed by atoms with Crippen LogP contribution < -0.4 is 10.3 Å². The zero-order chi connectivity index (χ0) is 20.6. The van der Waals surface area contributed by atoms with Gasteiger partial charge >= 0.3 is 0 Å². The van der Waals surface area contributed by atoms with Gasteiger partial charge in [0.2, 0.25) is 0 Å². The molecule has 0 saturated carbocycles. The molecule has 6 rings (SSSR count). The molecule has 0 N–H and O–H groups in total. The maximum Gasteiger partial charge on any atom is 0.155 e. The molecule has 0 amide bonds. The Kier molecular flexibility index (Phi) is 4.35. The number of benzene rings is 3. The summed E-state index contributed by atoms with van der Waals surface area (Å²) in [5.41, 5.74) is 3.56. The second-order valence-corrected chi connectivity index (χ2v) is 7.55. The summed E-state index contributed by atoms with van der Waals surface area (Å²) in [6, 6.07) is 22.0. The smallest absolute Gasteiger partial charge is 0.155 e. The van der Waals surface area contributed by atoms with Crippen molar-refractivity contribution in [2.45, 2.75) is 0 Å². The Morgan fingerprint density at radius 1 is 0.871 bits per heavy atom. The fourth-order valence-electron chi connectivity index (χ4n) is 4.08. The van der Waals surface area contributed by atoms with E-state index in [0.29, 0.717) is 11.6 Å². The molecular formula is C25H20N4O2. The van der Waals surface area contributed by atoms with Gasteiger partial charge in [-0.15, -0.1) is 0 Å². The molecule has 0 radical (unpaired) electrons. The van der Waals surface area contributed by atoms with Gasteiger partial charge in [0.15, 0.2) is 17.2 Å². The van der Waals surface area contributed by atoms with Crippen molar-refractivity contribution < 1.29 is 9.15 Å². The van der Waals surface area contributed by atoms with E-state index in [9.17, 15) is 0 Å². The van der Waals surface area contributed by atoms with Crippen LogP contribution in [0.3, 0.4) is 0 Å². The van der Waals surface area contributed by atoms with Crippen LogP contribution in [0.4, 0.5) is 11.5 Å². The van der Waals surface area contributed by atoms with Gasteiger partial charge in [-0.1, -0.05) is 30.3 Å². The number of rotatable bonds is 2. The molecule has 0 bridgehead atoms. The maximum absolute atomic E-state index is 6.36. The van der Waals surface area contributed by atoms with Crippen LogP contribution in [-0.4, -0.2) is 36.3 Å². The molecule has 2 aliphatic heterocycles. The molecule has 6 nitrogen and oxygen atoms in total. The monoisotopic (exact) mass is 408 g/mol. The van der Waals surface area contributed by atoms with E-state index in [1.54, 1.807) is 6.20 Å². The van der Waals surface area contributed by atoms with Gasteiger partial charge in [0.25, 0.3) is 0 Å². The van der Waals surface area contributed by atoms with E-state index in [1.807, 2.05) is 42.5 Å². The molecule has 3 heterocycles. The van der Waals surface area contributed by atoms with Gasteiger partial charge in [-0.05, 0) is 24.3 Å². The number of hydrogen-bond donors (Lipinski definition) is 0. The lowest BCUT2D eigenvalue weighted by atomic mass is 10.0. The molecule has 0 unspecified atom stereocenters. The zero-order valence-corrected chi connectivity index (χ0v) is 16.9. The number of aromatic nitrogens is 2. The predicted octanol–water partition coefficient (Wildman–Crippen LogP) is 4.55.